The molecular weight excluding hydrogens is 212 g/mol. The van der Waals surface area contributed by atoms with Gasteiger partial charge in [-0.3, -0.25) is 0 Å². The molecule has 2 rings (SSSR count). The molecule has 1 aromatic rings. The first kappa shape index (κ1) is 10.8. The van der Waals surface area contributed by atoms with E-state index < -0.39 is 5.92 Å². The number of anilines is 1. The number of halogens is 2. The number of pyridine rings is 1. The van der Waals surface area contributed by atoms with Crippen LogP contribution in [0.15, 0.2) is 18.3 Å². The highest BCUT2D eigenvalue weighted by molar-refractivity contribution is 5.42. The van der Waals surface area contributed by atoms with Crippen molar-refractivity contribution in [1.29, 1.82) is 5.26 Å². The van der Waals surface area contributed by atoms with Gasteiger partial charge in [0.25, 0.3) is 0 Å². The van der Waals surface area contributed by atoms with Gasteiger partial charge < -0.3 is 5.32 Å². The lowest BCUT2D eigenvalue weighted by atomic mass is 9.81. The average molecular weight is 223 g/mol. The maximum atomic E-state index is 12.5. The third-order valence-electron chi connectivity index (χ3n) is 2.64. The van der Waals surface area contributed by atoms with E-state index in [9.17, 15) is 8.78 Å². The van der Waals surface area contributed by atoms with Crippen LogP contribution in [0.25, 0.3) is 0 Å². The molecule has 1 saturated carbocycles. The zero-order valence-corrected chi connectivity index (χ0v) is 8.58. The van der Waals surface area contributed by atoms with Crippen molar-refractivity contribution in [3.63, 3.8) is 0 Å². The van der Waals surface area contributed by atoms with Gasteiger partial charge in [-0.2, -0.15) is 5.26 Å². The van der Waals surface area contributed by atoms with Crippen LogP contribution in [-0.2, 0) is 0 Å². The Morgan fingerprint density at radius 3 is 2.94 bits per heavy atom. The third-order valence-corrected chi connectivity index (χ3v) is 2.64. The molecule has 0 unspecified atom stereocenters. The minimum Gasteiger partial charge on any atom is -0.370 e. The topological polar surface area (TPSA) is 48.7 Å². The summed E-state index contributed by atoms with van der Waals surface area (Å²) < 4.78 is 25.1. The van der Waals surface area contributed by atoms with Crippen LogP contribution < -0.4 is 5.32 Å². The third kappa shape index (κ3) is 2.45. The molecule has 1 fully saturated rings. The van der Waals surface area contributed by atoms with Gasteiger partial charge in [-0.15, -0.1) is 0 Å². The summed E-state index contributed by atoms with van der Waals surface area (Å²) in [6.45, 7) is 0.484. The van der Waals surface area contributed by atoms with Crippen LogP contribution in [0.5, 0.6) is 0 Å². The fraction of sp³-hybridized carbons (Fsp3) is 0.455. The monoisotopic (exact) mass is 223 g/mol. The van der Waals surface area contributed by atoms with Gasteiger partial charge in [0.15, 0.2) is 0 Å². The molecule has 0 saturated heterocycles. The van der Waals surface area contributed by atoms with Gasteiger partial charge in [0.2, 0.25) is 5.92 Å². The largest absolute Gasteiger partial charge is 0.370 e. The molecule has 1 N–H and O–H groups in total. The molecule has 5 heteroatoms. The molecule has 0 spiro atoms. The lowest BCUT2D eigenvalue weighted by Gasteiger charge is -2.34. The van der Waals surface area contributed by atoms with Crippen molar-refractivity contribution >= 4 is 5.82 Å². The Morgan fingerprint density at radius 2 is 2.31 bits per heavy atom. The van der Waals surface area contributed by atoms with E-state index in [0.717, 1.165) is 0 Å². The van der Waals surface area contributed by atoms with Crippen molar-refractivity contribution in [2.24, 2.45) is 5.92 Å². The Bertz CT molecular complexity index is 417. The molecular formula is C11H11F2N3. The predicted octanol–water partition coefficient (Wildman–Crippen LogP) is 2.41. The zero-order chi connectivity index (χ0) is 11.6. The Balaban J connectivity index is 1.84. The van der Waals surface area contributed by atoms with Crippen molar-refractivity contribution < 1.29 is 8.78 Å². The molecule has 0 bridgehead atoms. The van der Waals surface area contributed by atoms with E-state index in [1.54, 1.807) is 12.1 Å². The molecule has 0 aromatic carbocycles. The molecule has 0 atom stereocenters. The summed E-state index contributed by atoms with van der Waals surface area (Å²) in [7, 11) is 0. The second kappa shape index (κ2) is 4.05. The molecule has 16 heavy (non-hydrogen) atoms. The number of hydrogen-bond donors (Lipinski definition) is 1. The van der Waals surface area contributed by atoms with E-state index in [4.69, 9.17) is 5.26 Å². The predicted molar refractivity (Wildman–Crippen MR) is 55.1 cm³/mol. The van der Waals surface area contributed by atoms with Crippen LogP contribution in [0.2, 0.25) is 0 Å². The van der Waals surface area contributed by atoms with Crippen molar-refractivity contribution in [1.82, 2.24) is 4.98 Å². The fourth-order valence-electron chi connectivity index (χ4n) is 1.77. The molecule has 3 nitrogen and oxygen atoms in total. The Hall–Kier alpha value is -1.70. The Labute approximate surface area is 92.1 Å². The van der Waals surface area contributed by atoms with E-state index in [-0.39, 0.29) is 18.8 Å². The zero-order valence-electron chi connectivity index (χ0n) is 8.58. The highest BCUT2D eigenvalue weighted by Gasteiger charge is 2.44. The van der Waals surface area contributed by atoms with E-state index in [2.05, 4.69) is 10.3 Å². The Kier molecular flexibility index (Phi) is 2.73. The van der Waals surface area contributed by atoms with Crippen molar-refractivity contribution in [3.05, 3.63) is 23.9 Å². The average Bonchev–Trinajstić information content (AvgIpc) is 2.23. The van der Waals surface area contributed by atoms with Gasteiger partial charge in [-0.25, -0.2) is 13.8 Å². The van der Waals surface area contributed by atoms with Crippen LogP contribution in [0.3, 0.4) is 0 Å². The maximum Gasteiger partial charge on any atom is 0.248 e. The second-order valence-corrected chi connectivity index (χ2v) is 4.05. The molecule has 84 valence electrons. The van der Waals surface area contributed by atoms with Crippen LogP contribution in [0.4, 0.5) is 14.6 Å². The number of rotatable bonds is 3. The molecule has 0 radical (unpaired) electrons. The summed E-state index contributed by atoms with van der Waals surface area (Å²) in [5.41, 5.74) is 0.511. The van der Waals surface area contributed by atoms with Crippen molar-refractivity contribution in [2.75, 3.05) is 11.9 Å². The van der Waals surface area contributed by atoms with Gasteiger partial charge >= 0.3 is 0 Å². The first-order valence-electron chi connectivity index (χ1n) is 5.07. The van der Waals surface area contributed by atoms with E-state index in [1.807, 2.05) is 6.07 Å². The van der Waals surface area contributed by atoms with Gasteiger partial charge in [0.05, 0.1) is 11.6 Å². The molecule has 1 aromatic heterocycles. The van der Waals surface area contributed by atoms with Gasteiger partial charge in [-0.1, -0.05) is 0 Å². The molecule has 1 aliphatic rings. The van der Waals surface area contributed by atoms with E-state index in [1.165, 1.54) is 6.20 Å². The lowest BCUT2D eigenvalue weighted by Crippen LogP contribution is -2.39. The molecule has 0 amide bonds. The van der Waals surface area contributed by atoms with Gasteiger partial charge in [0, 0.05) is 25.6 Å². The van der Waals surface area contributed by atoms with E-state index in [0.29, 0.717) is 17.9 Å². The summed E-state index contributed by atoms with van der Waals surface area (Å²) >= 11 is 0. The number of nitrogens with one attached hydrogen (secondary N) is 1. The summed E-state index contributed by atoms with van der Waals surface area (Å²) in [5, 5.41) is 11.6. The number of nitrogens with zero attached hydrogens (tertiary/aromatic N) is 2. The number of alkyl halides is 2. The summed E-state index contributed by atoms with van der Waals surface area (Å²) in [5.74, 6) is -1.91. The normalized spacial score (nSPS) is 18.6. The number of aromatic nitrogens is 1. The van der Waals surface area contributed by atoms with Crippen molar-refractivity contribution in [2.45, 2.75) is 18.8 Å². The first-order valence-corrected chi connectivity index (χ1v) is 5.07. The van der Waals surface area contributed by atoms with Gasteiger partial charge in [-0.05, 0) is 18.1 Å². The maximum absolute atomic E-state index is 12.5. The summed E-state index contributed by atoms with van der Waals surface area (Å²) in [6.07, 6.45) is 1.41. The Morgan fingerprint density at radius 1 is 1.56 bits per heavy atom. The summed E-state index contributed by atoms with van der Waals surface area (Å²) in [4.78, 5) is 4.00. The minimum atomic E-state index is -2.48. The first-order chi connectivity index (χ1) is 7.59. The van der Waals surface area contributed by atoms with Gasteiger partial charge in [0.1, 0.15) is 5.82 Å². The van der Waals surface area contributed by atoms with E-state index >= 15 is 0 Å². The fourth-order valence-corrected chi connectivity index (χ4v) is 1.77. The second-order valence-electron chi connectivity index (χ2n) is 4.05. The molecule has 1 aliphatic carbocycles. The summed E-state index contributed by atoms with van der Waals surface area (Å²) in [6, 6.07) is 5.20. The highest BCUT2D eigenvalue weighted by Crippen LogP contribution is 2.42. The molecule has 0 aliphatic heterocycles. The van der Waals surface area contributed by atoms with Crippen LogP contribution in [0.1, 0.15) is 18.4 Å². The highest BCUT2D eigenvalue weighted by atomic mass is 19.3. The van der Waals surface area contributed by atoms with Crippen molar-refractivity contribution in [3.8, 4) is 6.07 Å². The number of nitriles is 1. The standard InChI is InChI=1S/C11H11F2N3/c12-11(13)4-9(5-11)7-16-10-3-8(6-14)1-2-15-10/h1-3,9H,4-5,7H2,(H,15,16). The lowest BCUT2D eigenvalue weighted by molar-refractivity contribution is -0.106. The minimum absolute atomic E-state index is 0.00235. The SMILES string of the molecule is N#Cc1ccnc(NCC2CC(F)(F)C2)c1. The smallest absolute Gasteiger partial charge is 0.248 e. The van der Waals surface area contributed by atoms with Crippen LogP contribution >= 0.6 is 0 Å². The van der Waals surface area contributed by atoms with Crippen LogP contribution in [0, 0.1) is 17.2 Å². The van der Waals surface area contributed by atoms with Crippen LogP contribution in [-0.4, -0.2) is 17.5 Å². The molecule has 1 heterocycles. The number of hydrogen-bond acceptors (Lipinski definition) is 3. The quantitative estimate of drug-likeness (QED) is 0.856.